The van der Waals surface area contributed by atoms with Gasteiger partial charge in [0.05, 0.1) is 6.61 Å². The molecule has 1 aliphatic heterocycles. The van der Waals surface area contributed by atoms with E-state index in [1.54, 1.807) is 0 Å². The second-order valence-electron chi connectivity index (χ2n) is 4.00. The SMILES string of the molecule is NC(=O)OCCNCc1cc(Br)cc2c1OCC2. The van der Waals surface area contributed by atoms with E-state index in [4.69, 9.17) is 10.5 Å². The van der Waals surface area contributed by atoms with Crippen molar-refractivity contribution >= 4 is 22.0 Å². The molecule has 6 heteroatoms. The smallest absolute Gasteiger partial charge is 0.404 e. The van der Waals surface area contributed by atoms with E-state index < -0.39 is 6.09 Å². The minimum Gasteiger partial charge on any atom is -0.493 e. The summed E-state index contributed by atoms with van der Waals surface area (Å²) >= 11 is 3.49. The highest BCUT2D eigenvalue weighted by Gasteiger charge is 2.16. The quantitative estimate of drug-likeness (QED) is 0.809. The molecule has 1 amide bonds. The highest BCUT2D eigenvalue weighted by molar-refractivity contribution is 9.10. The number of nitrogens with two attached hydrogens (primary N) is 1. The molecular weight excluding hydrogens is 300 g/mol. The van der Waals surface area contributed by atoms with Crippen LogP contribution in [0, 0.1) is 0 Å². The van der Waals surface area contributed by atoms with E-state index in [1.807, 2.05) is 6.07 Å². The van der Waals surface area contributed by atoms with Crippen molar-refractivity contribution in [2.45, 2.75) is 13.0 Å². The molecule has 0 bridgehead atoms. The third kappa shape index (κ3) is 3.36. The Morgan fingerprint density at radius 1 is 1.56 bits per heavy atom. The van der Waals surface area contributed by atoms with Gasteiger partial charge in [-0.2, -0.15) is 0 Å². The van der Waals surface area contributed by atoms with Gasteiger partial charge in [-0.05, 0) is 17.7 Å². The zero-order chi connectivity index (χ0) is 13.0. The molecule has 0 fully saturated rings. The van der Waals surface area contributed by atoms with Gasteiger partial charge < -0.3 is 20.5 Å². The van der Waals surface area contributed by atoms with Crippen LogP contribution in [0.5, 0.6) is 5.75 Å². The van der Waals surface area contributed by atoms with Crippen LogP contribution in [0.2, 0.25) is 0 Å². The summed E-state index contributed by atoms with van der Waals surface area (Å²) in [5.74, 6) is 0.974. The molecule has 98 valence electrons. The maximum absolute atomic E-state index is 10.4. The summed E-state index contributed by atoms with van der Waals surface area (Å²) in [4.78, 5) is 10.4. The standard InChI is InChI=1S/C12H15BrN2O3/c13-10-5-8-1-3-17-11(8)9(6-10)7-15-2-4-18-12(14)16/h5-6,15H,1-4,7H2,(H2,14,16). The van der Waals surface area contributed by atoms with Crippen LogP contribution in [0.1, 0.15) is 11.1 Å². The first-order valence-corrected chi connectivity index (χ1v) is 6.53. The Bertz CT molecular complexity index is 451. The second kappa shape index (κ2) is 6.06. The number of primary amides is 1. The fourth-order valence-electron chi connectivity index (χ4n) is 1.92. The van der Waals surface area contributed by atoms with Gasteiger partial charge in [0, 0.05) is 29.5 Å². The molecule has 1 aliphatic rings. The van der Waals surface area contributed by atoms with Crippen LogP contribution in [0.3, 0.4) is 0 Å². The van der Waals surface area contributed by atoms with Crippen LogP contribution in [-0.2, 0) is 17.7 Å². The monoisotopic (exact) mass is 314 g/mol. The molecule has 0 saturated heterocycles. The van der Waals surface area contributed by atoms with Crippen molar-refractivity contribution in [2.24, 2.45) is 5.73 Å². The summed E-state index contributed by atoms with van der Waals surface area (Å²) < 4.78 is 11.3. The third-order valence-electron chi connectivity index (χ3n) is 2.66. The molecule has 1 aromatic carbocycles. The maximum atomic E-state index is 10.4. The van der Waals surface area contributed by atoms with Crippen LogP contribution in [0.15, 0.2) is 16.6 Å². The number of hydrogen-bond donors (Lipinski definition) is 2. The van der Waals surface area contributed by atoms with Crippen LogP contribution in [-0.4, -0.2) is 25.9 Å². The van der Waals surface area contributed by atoms with Crippen molar-refractivity contribution in [3.8, 4) is 5.75 Å². The van der Waals surface area contributed by atoms with Crippen LogP contribution < -0.4 is 15.8 Å². The summed E-state index contributed by atoms with van der Waals surface area (Å²) in [6.07, 6.45) is 0.204. The Morgan fingerprint density at radius 3 is 3.17 bits per heavy atom. The van der Waals surface area contributed by atoms with Gasteiger partial charge in [-0.15, -0.1) is 0 Å². The number of carbonyl (C=O) groups excluding carboxylic acids is 1. The minimum atomic E-state index is -0.747. The fourth-order valence-corrected chi connectivity index (χ4v) is 2.48. The predicted octanol–water partition coefficient (Wildman–Crippen LogP) is 1.57. The molecule has 1 heterocycles. The number of carbonyl (C=O) groups is 1. The van der Waals surface area contributed by atoms with Crippen molar-refractivity contribution < 1.29 is 14.3 Å². The van der Waals surface area contributed by atoms with Gasteiger partial charge in [0.15, 0.2) is 0 Å². The molecule has 2 rings (SSSR count). The Kier molecular flexibility index (Phi) is 4.43. The van der Waals surface area contributed by atoms with Crippen molar-refractivity contribution in [2.75, 3.05) is 19.8 Å². The van der Waals surface area contributed by atoms with Crippen LogP contribution >= 0.6 is 15.9 Å². The number of benzene rings is 1. The number of fused-ring (bicyclic) bond motifs is 1. The average Bonchev–Trinajstić information content (AvgIpc) is 2.75. The Morgan fingerprint density at radius 2 is 2.39 bits per heavy atom. The van der Waals surface area contributed by atoms with E-state index in [0.717, 1.165) is 28.8 Å². The Labute approximate surface area is 114 Å². The first kappa shape index (κ1) is 13.2. The maximum Gasteiger partial charge on any atom is 0.404 e. The van der Waals surface area contributed by atoms with Crippen molar-refractivity contribution in [1.29, 1.82) is 0 Å². The van der Waals surface area contributed by atoms with Crippen molar-refractivity contribution in [3.05, 3.63) is 27.7 Å². The molecule has 18 heavy (non-hydrogen) atoms. The van der Waals surface area contributed by atoms with Gasteiger partial charge in [-0.1, -0.05) is 15.9 Å². The fraction of sp³-hybridized carbons (Fsp3) is 0.417. The van der Waals surface area contributed by atoms with E-state index in [-0.39, 0.29) is 6.61 Å². The van der Waals surface area contributed by atoms with Gasteiger partial charge in [-0.3, -0.25) is 0 Å². The molecular formula is C12H15BrN2O3. The molecule has 3 N–H and O–H groups in total. The van der Waals surface area contributed by atoms with Crippen molar-refractivity contribution in [3.63, 3.8) is 0 Å². The number of amides is 1. The van der Waals surface area contributed by atoms with E-state index in [0.29, 0.717) is 13.1 Å². The van der Waals surface area contributed by atoms with Crippen molar-refractivity contribution in [1.82, 2.24) is 5.32 Å². The summed E-state index contributed by atoms with van der Waals surface area (Å²) in [5, 5.41) is 3.18. The lowest BCUT2D eigenvalue weighted by atomic mass is 10.1. The van der Waals surface area contributed by atoms with E-state index in [1.165, 1.54) is 5.56 Å². The number of nitrogens with one attached hydrogen (secondary N) is 1. The highest BCUT2D eigenvalue weighted by atomic mass is 79.9. The second-order valence-corrected chi connectivity index (χ2v) is 4.91. The summed E-state index contributed by atoms with van der Waals surface area (Å²) in [6, 6.07) is 4.12. The lowest BCUT2D eigenvalue weighted by Crippen LogP contribution is -2.23. The predicted molar refractivity (Wildman–Crippen MR) is 70.6 cm³/mol. The molecule has 0 aliphatic carbocycles. The Hall–Kier alpha value is -1.27. The minimum absolute atomic E-state index is 0.270. The zero-order valence-electron chi connectivity index (χ0n) is 9.87. The highest BCUT2D eigenvalue weighted by Crippen LogP contribution is 2.32. The lowest BCUT2D eigenvalue weighted by molar-refractivity contribution is 0.157. The molecule has 0 aromatic heterocycles. The number of ether oxygens (including phenoxy) is 2. The summed E-state index contributed by atoms with van der Waals surface area (Å²) in [7, 11) is 0. The molecule has 0 spiro atoms. The first-order valence-electron chi connectivity index (χ1n) is 5.74. The molecule has 0 atom stereocenters. The van der Waals surface area contributed by atoms with Gasteiger partial charge in [0.25, 0.3) is 0 Å². The molecule has 1 aromatic rings. The van der Waals surface area contributed by atoms with Gasteiger partial charge >= 0.3 is 6.09 Å². The Balaban J connectivity index is 1.88. The number of rotatable bonds is 5. The van der Waals surface area contributed by atoms with E-state index in [9.17, 15) is 4.79 Å². The largest absolute Gasteiger partial charge is 0.493 e. The first-order chi connectivity index (χ1) is 8.66. The molecule has 0 radical (unpaired) electrons. The average molecular weight is 315 g/mol. The van der Waals surface area contributed by atoms with Gasteiger partial charge in [0.2, 0.25) is 0 Å². The third-order valence-corrected chi connectivity index (χ3v) is 3.12. The van der Waals surface area contributed by atoms with Crippen LogP contribution in [0.4, 0.5) is 4.79 Å². The summed E-state index contributed by atoms with van der Waals surface area (Å²) in [6.45, 7) is 2.24. The van der Waals surface area contributed by atoms with E-state index in [2.05, 4.69) is 32.0 Å². The van der Waals surface area contributed by atoms with Crippen LogP contribution in [0.25, 0.3) is 0 Å². The zero-order valence-corrected chi connectivity index (χ0v) is 11.5. The topological polar surface area (TPSA) is 73.6 Å². The number of halogens is 1. The van der Waals surface area contributed by atoms with Gasteiger partial charge in [-0.25, -0.2) is 4.79 Å². The number of hydrogen-bond acceptors (Lipinski definition) is 4. The molecule has 0 unspecified atom stereocenters. The summed E-state index contributed by atoms with van der Waals surface area (Å²) in [5.41, 5.74) is 7.20. The van der Waals surface area contributed by atoms with Gasteiger partial charge in [0.1, 0.15) is 12.4 Å². The molecule has 5 nitrogen and oxygen atoms in total. The normalized spacial score (nSPS) is 12.9. The lowest BCUT2D eigenvalue weighted by Gasteiger charge is -2.10. The molecule has 0 saturated carbocycles. The van der Waals surface area contributed by atoms with E-state index >= 15 is 0 Å².